The molecule has 1 atom stereocenters. The Balaban J connectivity index is 2.30. The summed E-state index contributed by atoms with van der Waals surface area (Å²) in [6.07, 6.45) is 1.27. The summed E-state index contributed by atoms with van der Waals surface area (Å²) in [4.78, 5) is 12.6. The quantitative estimate of drug-likeness (QED) is 0.629. The number of carbonyl (C=O) groups is 1. The maximum Gasteiger partial charge on any atom is 0.231 e. The Labute approximate surface area is 72.7 Å². The molecule has 0 aromatic heterocycles. The van der Waals surface area contributed by atoms with Crippen molar-refractivity contribution in [1.82, 2.24) is 4.90 Å². The first-order chi connectivity index (χ1) is 5.72. The number of primary amides is 1. The highest BCUT2D eigenvalue weighted by atomic mass is 16.5. The average molecular weight is 172 g/mol. The normalized spacial score (nSPS) is 25.6. The fourth-order valence-electron chi connectivity index (χ4n) is 1.39. The number of rotatable bonds is 3. The van der Waals surface area contributed by atoms with E-state index in [0.717, 1.165) is 19.5 Å². The van der Waals surface area contributed by atoms with Crippen molar-refractivity contribution in [3.05, 3.63) is 0 Å². The largest absolute Gasteiger partial charge is 0.376 e. The highest BCUT2D eigenvalue weighted by Gasteiger charge is 2.19. The first-order valence-electron chi connectivity index (χ1n) is 4.34. The van der Waals surface area contributed by atoms with Gasteiger partial charge in [0.15, 0.2) is 0 Å². The van der Waals surface area contributed by atoms with E-state index in [1.165, 1.54) is 0 Å². The molecule has 0 spiro atoms. The molecule has 1 aliphatic rings. The number of hydrogen-bond acceptors (Lipinski definition) is 3. The predicted octanol–water partition coefficient (Wildman–Crippen LogP) is -0.417. The molecular formula is C8H16N2O2. The second-order valence-electron chi connectivity index (χ2n) is 3.10. The van der Waals surface area contributed by atoms with Crippen LogP contribution in [0.2, 0.25) is 0 Å². The number of carbonyl (C=O) groups excluding carboxylic acids is 1. The fraction of sp³-hybridized carbons (Fsp3) is 0.875. The van der Waals surface area contributed by atoms with Gasteiger partial charge in [0.25, 0.3) is 0 Å². The Hall–Kier alpha value is -0.610. The van der Waals surface area contributed by atoms with Gasteiger partial charge in [0.05, 0.1) is 19.3 Å². The highest BCUT2D eigenvalue weighted by Crippen LogP contribution is 2.06. The van der Waals surface area contributed by atoms with E-state index in [1.54, 1.807) is 0 Å². The van der Waals surface area contributed by atoms with Gasteiger partial charge in [-0.2, -0.15) is 0 Å². The van der Waals surface area contributed by atoms with Crippen molar-refractivity contribution < 1.29 is 9.53 Å². The van der Waals surface area contributed by atoms with Crippen LogP contribution in [0.1, 0.15) is 13.3 Å². The van der Waals surface area contributed by atoms with Gasteiger partial charge in [0, 0.05) is 13.1 Å². The molecule has 1 amide bonds. The molecule has 1 rings (SSSR count). The molecule has 0 bridgehead atoms. The second kappa shape index (κ2) is 4.42. The van der Waals surface area contributed by atoms with E-state index < -0.39 is 0 Å². The SMILES string of the molecule is CCC1CN(CC(N)=O)CCO1. The molecule has 1 aliphatic heterocycles. The van der Waals surface area contributed by atoms with Gasteiger partial charge in [-0.25, -0.2) is 0 Å². The monoisotopic (exact) mass is 172 g/mol. The van der Waals surface area contributed by atoms with Gasteiger partial charge in [-0.15, -0.1) is 0 Å². The lowest BCUT2D eigenvalue weighted by atomic mass is 10.2. The van der Waals surface area contributed by atoms with Crippen molar-refractivity contribution in [3.63, 3.8) is 0 Å². The lowest BCUT2D eigenvalue weighted by molar-refractivity contribution is -0.121. The molecule has 70 valence electrons. The standard InChI is InChI=1S/C8H16N2O2/c1-2-7-5-10(3-4-12-7)6-8(9)11/h7H,2-6H2,1H3,(H2,9,11). The number of nitrogens with two attached hydrogens (primary N) is 1. The van der Waals surface area contributed by atoms with E-state index in [4.69, 9.17) is 10.5 Å². The summed E-state index contributed by atoms with van der Waals surface area (Å²) in [7, 11) is 0. The fourth-order valence-corrected chi connectivity index (χ4v) is 1.39. The average Bonchev–Trinajstić information content (AvgIpc) is 2.03. The molecule has 0 aliphatic carbocycles. The number of nitrogens with zero attached hydrogens (tertiary/aromatic N) is 1. The summed E-state index contributed by atoms with van der Waals surface area (Å²) in [6, 6.07) is 0. The van der Waals surface area contributed by atoms with Crippen molar-refractivity contribution in [1.29, 1.82) is 0 Å². The molecule has 4 nitrogen and oxygen atoms in total. The van der Waals surface area contributed by atoms with Crippen LogP contribution in [-0.4, -0.2) is 43.2 Å². The summed E-state index contributed by atoms with van der Waals surface area (Å²) < 4.78 is 5.45. The Morgan fingerprint density at radius 1 is 1.75 bits per heavy atom. The van der Waals surface area contributed by atoms with E-state index in [2.05, 4.69) is 6.92 Å². The molecule has 1 unspecified atom stereocenters. The van der Waals surface area contributed by atoms with Gasteiger partial charge in [-0.1, -0.05) is 6.92 Å². The van der Waals surface area contributed by atoms with Crippen molar-refractivity contribution >= 4 is 5.91 Å². The zero-order valence-corrected chi connectivity index (χ0v) is 7.45. The van der Waals surface area contributed by atoms with Crippen molar-refractivity contribution in [2.75, 3.05) is 26.2 Å². The third-order valence-corrected chi connectivity index (χ3v) is 2.06. The molecule has 0 saturated carbocycles. The van der Waals surface area contributed by atoms with Gasteiger partial charge in [0.2, 0.25) is 5.91 Å². The lowest BCUT2D eigenvalue weighted by Crippen LogP contribution is -2.45. The zero-order chi connectivity index (χ0) is 8.97. The molecule has 1 saturated heterocycles. The van der Waals surface area contributed by atoms with E-state index in [9.17, 15) is 4.79 Å². The van der Waals surface area contributed by atoms with Gasteiger partial charge in [-0.05, 0) is 6.42 Å². The Bertz CT molecular complexity index is 161. The van der Waals surface area contributed by atoms with Crippen LogP contribution in [-0.2, 0) is 9.53 Å². The minimum Gasteiger partial charge on any atom is -0.376 e. The van der Waals surface area contributed by atoms with Crippen molar-refractivity contribution in [2.45, 2.75) is 19.4 Å². The first-order valence-corrected chi connectivity index (χ1v) is 4.34. The molecular weight excluding hydrogens is 156 g/mol. The van der Waals surface area contributed by atoms with Crippen molar-refractivity contribution in [3.8, 4) is 0 Å². The van der Waals surface area contributed by atoms with E-state index in [1.807, 2.05) is 4.90 Å². The highest BCUT2D eigenvalue weighted by molar-refractivity contribution is 5.75. The van der Waals surface area contributed by atoms with E-state index in [0.29, 0.717) is 13.2 Å². The minimum atomic E-state index is -0.258. The molecule has 2 N–H and O–H groups in total. The second-order valence-corrected chi connectivity index (χ2v) is 3.10. The summed E-state index contributed by atoms with van der Waals surface area (Å²) in [5.74, 6) is -0.258. The molecule has 1 heterocycles. The van der Waals surface area contributed by atoms with E-state index in [-0.39, 0.29) is 12.0 Å². The molecule has 0 radical (unpaired) electrons. The maximum absolute atomic E-state index is 10.6. The summed E-state index contributed by atoms with van der Waals surface area (Å²) in [6.45, 7) is 4.81. The van der Waals surface area contributed by atoms with Gasteiger partial charge in [0.1, 0.15) is 0 Å². The molecule has 0 aromatic carbocycles. The Kier molecular flexibility index (Phi) is 3.49. The van der Waals surface area contributed by atoms with Crippen LogP contribution in [0.5, 0.6) is 0 Å². The number of hydrogen-bond donors (Lipinski definition) is 1. The zero-order valence-electron chi connectivity index (χ0n) is 7.45. The third kappa shape index (κ3) is 2.79. The Morgan fingerprint density at radius 2 is 2.50 bits per heavy atom. The van der Waals surface area contributed by atoms with Crippen LogP contribution in [0.3, 0.4) is 0 Å². The smallest absolute Gasteiger partial charge is 0.231 e. The third-order valence-electron chi connectivity index (χ3n) is 2.06. The molecule has 12 heavy (non-hydrogen) atoms. The van der Waals surface area contributed by atoms with Crippen LogP contribution in [0, 0.1) is 0 Å². The lowest BCUT2D eigenvalue weighted by Gasteiger charge is -2.31. The summed E-state index contributed by atoms with van der Waals surface area (Å²) in [5.41, 5.74) is 5.09. The number of morpholine rings is 1. The Morgan fingerprint density at radius 3 is 3.08 bits per heavy atom. The van der Waals surface area contributed by atoms with E-state index >= 15 is 0 Å². The van der Waals surface area contributed by atoms with Crippen LogP contribution in [0.4, 0.5) is 0 Å². The molecule has 0 aromatic rings. The predicted molar refractivity (Wildman–Crippen MR) is 45.7 cm³/mol. The molecule has 4 heteroatoms. The first kappa shape index (κ1) is 9.48. The van der Waals surface area contributed by atoms with Crippen LogP contribution < -0.4 is 5.73 Å². The van der Waals surface area contributed by atoms with Gasteiger partial charge >= 0.3 is 0 Å². The van der Waals surface area contributed by atoms with Gasteiger partial charge in [-0.3, -0.25) is 9.69 Å². The minimum absolute atomic E-state index is 0.258. The van der Waals surface area contributed by atoms with Crippen LogP contribution in [0.25, 0.3) is 0 Å². The number of ether oxygens (including phenoxy) is 1. The van der Waals surface area contributed by atoms with Crippen molar-refractivity contribution in [2.24, 2.45) is 5.73 Å². The van der Waals surface area contributed by atoms with Crippen LogP contribution >= 0.6 is 0 Å². The molecule has 1 fully saturated rings. The maximum atomic E-state index is 10.6. The summed E-state index contributed by atoms with van der Waals surface area (Å²) >= 11 is 0. The van der Waals surface area contributed by atoms with Gasteiger partial charge < -0.3 is 10.5 Å². The van der Waals surface area contributed by atoms with Crippen LogP contribution in [0.15, 0.2) is 0 Å². The number of amides is 1. The topological polar surface area (TPSA) is 55.6 Å². The summed E-state index contributed by atoms with van der Waals surface area (Å²) in [5, 5.41) is 0.